The van der Waals surface area contributed by atoms with Crippen molar-refractivity contribution in [3.05, 3.63) is 29.8 Å². The Morgan fingerprint density at radius 3 is 2.37 bits per heavy atom. The van der Waals surface area contributed by atoms with Crippen LogP contribution in [0, 0.1) is 0 Å². The first-order valence-electron chi connectivity index (χ1n) is 6.58. The number of anilines is 1. The molecule has 0 heterocycles. The summed E-state index contributed by atoms with van der Waals surface area (Å²) in [6.07, 6.45) is 4.49. The summed E-state index contributed by atoms with van der Waals surface area (Å²) in [6, 6.07) is 6.23. The summed E-state index contributed by atoms with van der Waals surface area (Å²) in [6.45, 7) is 2.82. The maximum absolute atomic E-state index is 11.6. The molecule has 0 aliphatic carbocycles. The summed E-state index contributed by atoms with van der Waals surface area (Å²) in [5.74, 6) is -0.480. The number of nitrogens with two attached hydrogens (primary N) is 1. The van der Waals surface area contributed by atoms with Crippen LogP contribution in [0.5, 0.6) is 0 Å². The Kier molecular flexibility index (Phi) is 6.43. The number of carbonyl (C=O) groups excluding carboxylic acids is 2. The van der Waals surface area contributed by atoms with E-state index in [2.05, 4.69) is 17.6 Å². The van der Waals surface area contributed by atoms with E-state index in [1.807, 2.05) is 0 Å². The smallest absolute Gasteiger partial charge is 0.319 e. The molecular formula is C14H21N3O2. The van der Waals surface area contributed by atoms with Crippen molar-refractivity contribution in [1.82, 2.24) is 5.32 Å². The number of carbonyl (C=O) groups is 2. The van der Waals surface area contributed by atoms with Crippen LogP contribution in [0.1, 0.15) is 43.0 Å². The minimum Gasteiger partial charge on any atom is -0.366 e. The lowest BCUT2D eigenvalue weighted by Crippen LogP contribution is -2.29. The molecule has 5 heteroatoms. The Balaban J connectivity index is 2.30. The molecule has 1 aromatic carbocycles. The van der Waals surface area contributed by atoms with Gasteiger partial charge in [-0.05, 0) is 30.7 Å². The lowest BCUT2D eigenvalue weighted by atomic mass is 10.2. The first-order valence-corrected chi connectivity index (χ1v) is 6.58. The lowest BCUT2D eigenvalue weighted by molar-refractivity contribution is 0.100. The van der Waals surface area contributed by atoms with Gasteiger partial charge in [-0.2, -0.15) is 0 Å². The van der Waals surface area contributed by atoms with Gasteiger partial charge in [0, 0.05) is 17.8 Å². The van der Waals surface area contributed by atoms with E-state index in [1.54, 1.807) is 24.3 Å². The van der Waals surface area contributed by atoms with Gasteiger partial charge >= 0.3 is 6.03 Å². The first kappa shape index (κ1) is 15.0. The molecule has 0 aromatic heterocycles. The molecule has 0 aliphatic heterocycles. The summed E-state index contributed by atoms with van der Waals surface area (Å²) in [7, 11) is 0. The van der Waals surface area contributed by atoms with Crippen molar-refractivity contribution in [2.24, 2.45) is 5.73 Å². The topological polar surface area (TPSA) is 84.2 Å². The molecule has 0 bridgehead atoms. The van der Waals surface area contributed by atoms with Gasteiger partial charge in [-0.3, -0.25) is 4.79 Å². The Hall–Kier alpha value is -2.04. The number of hydrogen-bond acceptors (Lipinski definition) is 2. The van der Waals surface area contributed by atoms with Gasteiger partial charge in [0.1, 0.15) is 0 Å². The molecule has 5 nitrogen and oxygen atoms in total. The summed E-state index contributed by atoms with van der Waals surface area (Å²) in [5, 5.41) is 5.48. The second-order valence-corrected chi connectivity index (χ2v) is 4.38. The first-order chi connectivity index (χ1) is 9.13. The molecule has 0 fully saturated rings. The van der Waals surface area contributed by atoms with Gasteiger partial charge in [0.2, 0.25) is 5.91 Å². The molecule has 104 valence electrons. The van der Waals surface area contributed by atoms with Gasteiger partial charge in [-0.25, -0.2) is 4.79 Å². The number of nitrogens with one attached hydrogen (secondary N) is 2. The Bertz CT molecular complexity index is 415. The van der Waals surface area contributed by atoms with Gasteiger partial charge < -0.3 is 16.4 Å². The van der Waals surface area contributed by atoms with Gasteiger partial charge in [0.05, 0.1) is 0 Å². The number of rotatable bonds is 7. The highest BCUT2D eigenvalue weighted by molar-refractivity contribution is 5.94. The van der Waals surface area contributed by atoms with Gasteiger partial charge in [-0.1, -0.05) is 26.2 Å². The van der Waals surface area contributed by atoms with Crippen LogP contribution in [0.25, 0.3) is 0 Å². The third kappa shape index (κ3) is 5.90. The predicted molar refractivity (Wildman–Crippen MR) is 76.1 cm³/mol. The molecule has 1 aromatic rings. The van der Waals surface area contributed by atoms with Crippen molar-refractivity contribution >= 4 is 17.6 Å². The zero-order chi connectivity index (χ0) is 14.1. The van der Waals surface area contributed by atoms with Crippen LogP contribution in [0.15, 0.2) is 24.3 Å². The molecule has 0 spiro atoms. The zero-order valence-electron chi connectivity index (χ0n) is 11.2. The van der Waals surface area contributed by atoms with E-state index in [0.29, 0.717) is 17.8 Å². The number of benzene rings is 1. The highest BCUT2D eigenvalue weighted by atomic mass is 16.2. The van der Waals surface area contributed by atoms with E-state index >= 15 is 0 Å². The third-order valence-electron chi connectivity index (χ3n) is 2.74. The summed E-state index contributed by atoms with van der Waals surface area (Å²) < 4.78 is 0. The lowest BCUT2D eigenvalue weighted by Gasteiger charge is -2.07. The fraction of sp³-hybridized carbons (Fsp3) is 0.429. The second kappa shape index (κ2) is 8.13. The highest BCUT2D eigenvalue weighted by Gasteiger charge is 2.02. The maximum atomic E-state index is 11.6. The van der Waals surface area contributed by atoms with Crippen LogP contribution >= 0.6 is 0 Å². The van der Waals surface area contributed by atoms with Crippen molar-refractivity contribution in [3.8, 4) is 0 Å². The fourth-order valence-electron chi connectivity index (χ4n) is 1.65. The second-order valence-electron chi connectivity index (χ2n) is 4.38. The normalized spacial score (nSPS) is 9.95. The minimum atomic E-state index is -0.480. The summed E-state index contributed by atoms with van der Waals surface area (Å²) >= 11 is 0. The Labute approximate surface area is 113 Å². The van der Waals surface area contributed by atoms with Gasteiger partial charge in [0.15, 0.2) is 0 Å². The average molecular weight is 263 g/mol. The van der Waals surface area contributed by atoms with Crippen LogP contribution < -0.4 is 16.4 Å². The molecule has 0 saturated carbocycles. The van der Waals surface area contributed by atoms with E-state index in [4.69, 9.17) is 5.73 Å². The summed E-state index contributed by atoms with van der Waals surface area (Å²) in [4.78, 5) is 22.4. The quantitative estimate of drug-likeness (QED) is 0.660. The van der Waals surface area contributed by atoms with Crippen molar-refractivity contribution in [2.75, 3.05) is 11.9 Å². The van der Waals surface area contributed by atoms with Crippen molar-refractivity contribution in [2.45, 2.75) is 32.6 Å². The Morgan fingerprint density at radius 1 is 1.11 bits per heavy atom. The molecule has 3 amide bonds. The molecule has 0 aliphatic rings. The van der Waals surface area contributed by atoms with E-state index in [1.165, 1.54) is 12.8 Å². The van der Waals surface area contributed by atoms with Crippen molar-refractivity contribution in [1.29, 1.82) is 0 Å². The zero-order valence-corrected chi connectivity index (χ0v) is 11.2. The van der Waals surface area contributed by atoms with Crippen LogP contribution in [0.3, 0.4) is 0 Å². The number of hydrogen-bond donors (Lipinski definition) is 3. The van der Waals surface area contributed by atoms with Gasteiger partial charge in [0.25, 0.3) is 0 Å². The molecule has 0 atom stereocenters. The molecule has 1 rings (SSSR count). The van der Waals surface area contributed by atoms with Crippen LogP contribution in [-0.2, 0) is 0 Å². The van der Waals surface area contributed by atoms with Crippen LogP contribution in [-0.4, -0.2) is 18.5 Å². The fourth-order valence-corrected chi connectivity index (χ4v) is 1.65. The number of amides is 3. The number of primary amides is 1. The standard InChI is InChI=1S/C14H21N3O2/c1-2-3-4-5-10-16-14(19)17-12-8-6-11(7-9-12)13(15)18/h6-9H,2-5,10H2,1H3,(H2,15,18)(H2,16,17,19). The highest BCUT2D eigenvalue weighted by Crippen LogP contribution is 2.08. The van der Waals surface area contributed by atoms with Crippen LogP contribution in [0.2, 0.25) is 0 Å². The molecule has 19 heavy (non-hydrogen) atoms. The van der Waals surface area contributed by atoms with Crippen molar-refractivity contribution in [3.63, 3.8) is 0 Å². The number of unbranched alkanes of at least 4 members (excludes halogenated alkanes) is 3. The molecular weight excluding hydrogens is 242 g/mol. The van der Waals surface area contributed by atoms with E-state index in [9.17, 15) is 9.59 Å². The Morgan fingerprint density at radius 2 is 1.79 bits per heavy atom. The van der Waals surface area contributed by atoms with Gasteiger partial charge in [-0.15, -0.1) is 0 Å². The third-order valence-corrected chi connectivity index (χ3v) is 2.74. The average Bonchev–Trinajstić information content (AvgIpc) is 2.39. The molecule has 4 N–H and O–H groups in total. The minimum absolute atomic E-state index is 0.233. The van der Waals surface area contributed by atoms with Crippen molar-refractivity contribution < 1.29 is 9.59 Å². The summed E-state index contributed by atoms with van der Waals surface area (Å²) in [5.41, 5.74) is 6.19. The monoisotopic (exact) mass is 263 g/mol. The SMILES string of the molecule is CCCCCCNC(=O)Nc1ccc(C(N)=O)cc1. The van der Waals surface area contributed by atoms with E-state index < -0.39 is 5.91 Å². The number of urea groups is 1. The van der Waals surface area contributed by atoms with Crippen LogP contribution in [0.4, 0.5) is 10.5 Å². The van der Waals surface area contributed by atoms with E-state index in [0.717, 1.165) is 12.8 Å². The molecule has 0 radical (unpaired) electrons. The van der Waals surface area contributed by atoms with E-state index in [-0.39, 0.29) is 6.03 Å². The largest absolute Gasteiger partial charge is 0.366 e. The maximum Gasteiger partial charge on any atom is 0.319 e. The molecule has 0 saturated heterocycles. The molecule has 0 unspecified atom stereocenters. The predicted octanol–water partition coefficient (Wildman–Crippen LogP) is 2.49.